The molecule has 2 rings (SSSR count). The highest BCUT2D eigenvalue weighted by Crippen LogP contribution is 2.18. The number of carboxylic acids is 1. The summed E-state index contributed by atoms with van der Waals surface area (Å²) in [5.74, 6) is -1.48. The van der Waals surface area contributed by atoms with Crippen LogP contribution in [0, 0.1) is 0 Å². The van der Waals surface area contributed by atoms with E-state index >= 15 is 0 Å². The first-order chi connectivity index (χ1) is 9.58. The zero-order chi connectivity index (χ0) is 14.5. The summed E-state index contributed by atoms with van der Waals surface area (Å²) in [6.07, 6.45) is 0. The first kappa shape index (κ1) is 13.6. The van der Waals surface area contributed by atoms with Crippen molar-refractivity contribution < 1.29 is 19.8 Å². The number of benzene rings is 2. The third-order valence-corrected chi connectivity index (χ3v) is 2.72. The Hall–Kier alpha value is -2.82. The molecule has 2 aromatic rings. The van der Waals surface area contributed by atoms with Gasteiger partial charge in [0.25, 0.3) is 5.91 Å². The van der Waals surface area contributed by atoms with Crippen LogP contribution in [0.4, 0.5) is 5.69 Å². The van der Waals surface area contributed by atoms with E-state index in [1.54, 1.807) is 30.3 Å². The molecule has 0 aromatic heterocycles. The van der Waals surface area contributed by atoms with Crippen molar-refractivity contribution in [3.05, 3.63) is 60.2 Å². The number of anilines is 1. The molecule has 0 aliphatic heterocycles. The Kier molecular flexibility index (Phi) is 4.00. The smallest absolute Gasteiger partial charge is 0.323 e. The molecule has 0 saturated carbocycles. The Bertz CT molecular complexity index is 608. The number of carboxylic acid groups (broad SMARTS) is 1. The van der Waals surface area contributed by atoms with Crippen LogP contribution in [0.25, 0.3) is 0 Å². The van der Waals surface area contributed by atoms with Crippen molar-refractivity contribution in [3.8, 4) is 5.75 Å². The van der Waals surface area contributed by atoms with Gasteiger partial charge >= 0.3 is 5.97 Å². The first-order valence-corrected chi connectivity index (χ1v) is 5.95. The van der Waals surface area contributed by atoms with E-state index in [2.05, 4.69) is 0 Å². The lowest BCUT2D eigenvalue weighted by molar-refractivity contribution is -0.135. The number of hydrogen-bond acceptors (Lipinski definition) is 3. The summed E-state index contributed by atoms with van der Waals surface area (Å²) in [6, 6.07) is 14.3. The van der Waals surface area contributed by atoms with E-state index in [0.29, 0.717) is 11.3 Å². The largest absolute Gasteiger partial charge is 0.508 e. The Morgan fingerprint density at radius 1 is 0.950 bits per heavy atom. The molecule has 2 N–H and O–H groups in total. The molecule has 0 bridgehead atoms. The maximum absolute atomic E-state index is 12.4. The van der Waals surface area contributed by atoms with Crippen molar-refractivity contribution in [1.82, 2.24) is 0 Å². The van der Waals surface area contributed by atoms with Crippen LogP contribution in [0.3, 0.4) is 0 Å². The number of carbonyl (C=O) groups is 2. The summed E-state index contributed by atoms with van der Waals surface area (Å²) in [5.41, 5.74) is 0.820. The third kappa shape index (κ3) is 3.14. The molecule has 1 amide bonds. The van der Waals surface area contributed by atoms with E-state index in [9.17, 15) is 14.7 Å². The highest BCUT2D eigenvalue weighted by molar-refractivity contribution is 6.08. The molecule has 2 aromatic carbocycles. The lowest BCUT2D eigenvalue weighted by Gasteiger charge is -2.20. The third-order valence-electron chi connectivity index (χ3n) is 2.72. The minimum Gasteiger partial charge on any atom is -0.508 e. The maximum Gasteiger partial charge on any atom is 0.323 e. The molecular weight excluding hydrogens is 258 g/mol. The summed E-state index contributed by atoms with van der Waals surface area (Å²) < 4.78 is 0. The van der Waals surface area contributed by atoms with Gasteiger partial charge in [0.15, 0.2) is 0 Å². The summed E-state index contributed by atoms with van der Waals surface area (Å²) in [6.45, 7) is -0.427. The summed E-state index contributed by atoms with van der Waals surface area (Å²) >= 11 is 0. The number of hydrogen-bond donors (Lipinski definition) is 2. The van der Waals surface area contributed by atoms with Gasteiger partial charge in [0, 0.05) is 11.3 Å². The number of amides is 1. The van der Waals surface area contributed by atoms with Crippen LogP contribution in [-0.2, 0) is 4.79 Å². The zero-order valence-electron chi connectivity index (χ0n) is 10.6. The van der Waals surface area contributed by atoms with Crippen LogP contribution in [0.5, 0.6) is 5.75 Å². The number of aromatic hydroxyl groups is 1. The Labute approximate surface area is 115 Å². The predicted molar refractivity (Wildman–Crippen MR) is 73.9 cm³/mol. The number of para-hydroxylation sites is 1. The molecule has 5 nitrogen and oxygen atoms in total. The average molecular weight is 271 g/mol. The standard InChI is InChI=1S/C15H13NO4/c17-13-8-6-11(7-9-13)15(20)16(10-14(18)19)12-4-2-1-3-5-12/h1-9,17H,10H2,(H,18,19). The summed E-state index contributed by atoms with van der Waals surface area (Å²) in [5, 5.41) is 18.2. The summed E-state index contributed by atoms with van der Waals surface area (Å²) in [4.78, 5) is 24.5. The van der Waals surface area contributed by atoms with Crippen molar-refractivity contribution in [1.29, 1.82) is 0 Å². The van der Waals surface area contributed by atoms with Gasteiger partial charge in [-0.25, -0.2) is 0 Å². The lowest BCUT2D eigenvalue weighted by Crippen LogP contribution is -2.35. The fourth-order valence-corrected chi connectivity index (χ4v) is 1.78. The van der Waals surface area contributed by atoms with Crippen LogP contribution < -0.4 is 4.90 Å². The van der Waals surface area contributed by atoms with Crippen molar-refractivity contribution in [3.63, 3.8) is 0 Å². The van der Waals surface area contributed by atoms with Crippen LogP contribution in [-0.4, -0.2) is 28.6 Å². The van der Waals surface area contributed by atoms with Crippen LogP contribution in [0.15, 0.2) is 54.6 Å². The predicted octanol–water partition coefficient (Wildman–Crippen LogP) is 2.12. The lowest BCUT2D eigenvalue weighted by atomic mass is 10.1. The van der Waals surface area contributed by atoms with E-state index < -0.39 is 18.4 Å². The molecule has 0 aliphatic carbocycles. The highest BCUT2D eigenvalue weighted by atomic mass is 16.4. The average Bonchev–Trinajstić information content (AvgIpc) is 2.45. The molecule has 0 unspecified atom stereocenters. The first-order valence-electron chi connectivity index (χ1n) is 5.95. The fraction of sp³-hybridized carbons (Fsp3) is 0.0667. The molecule has 0 fully saturated rings. The summed E-state index contributed by atoms with van der Waals surface area (Å²) in [7, 11) is 0. The number of nitrogens with zero attached hydrogens (tertiary/aromatic N) is 1. The Balaban J connectivity index is 2.34. The van der Waals surface area contributed by atoms with Gasteiger partial charge in [0.1, 0.15) is 12.3 Å². The second kappa shape index (κ2) is 5.88. The topological polar surface area (TPSA) is 77.8 Å². The number of aliphatic carboxylic acids is 1. The maximum atomic E-state index is 12.4. The quantitative estimate of drug-likeness (QED) is 0.892. The molecule has 5 heteroatoms. The van der Waals surface area contributed by atoms with Crippen molar-refractivity contribution >= 4 is 17.6 Å². The minimum absolute atomic E-state index is 0.0473. The van der Waals surface area contributed by atoms with Crippen LogP contribution in [0.2, 0.25) is 0 Å². The Morgan fingerprint density at radius 3 is 2.10 bits per heavy atom. The van der Waals surface area contributed by atoms with Gasteiger partial charge in [0.2, 0.25) is 0 Å². The molecule has 0 atom stereocenters. The van der Waals surface area contributed by atoms with Crippen LogP contribution in [0.1, 0.15) is 10.4 Å². The molecule has 0 heterocycles. The monoisotopic (exact) mass is 271 g/mol. The number of carbonyl (C=O) groups excluding carboxylic acids is 1. The van der Waals surface area contributed by atoms with Gasteiger partial charge in [-0.1, -0.05) is 18.2 Å². The van der Waals surface area contributed by atoms with Gasteiger partial charge in [-0.2, -0.15) is 0 Å². The van der Waals surface area contributed by atoms with Gasteiger partial charge in [0.05, 0.1) is 0 Å². The van der Waals surface area contributed by atoms with Crippen LogP contribution >= 0.6 is 0 Å². The molecule has 20 heavy (non-hydrogen) atoms. The van der Waals surface area contributed by atoms with Crippen molar-refractivity contribution in [2.24, 2.45) is 0 Å². The second-order valence-electron chi connectivity index (χ2n) is 4.17. The molecule has 0 saturated heterocycles. The molecule has 0 aliphatic rings. The normalized spacial score (nSPS) is 10.0. The van der Waals surface area contributed by atoms with Crippen molar-refractivity contribution in [2.45, 2.75) is 0 Å². The highest BCUT2D eigenvalue weighted by Gasteiger charge is 2.20. The zero-order valence-corrected chi connectivity index (χ0v) is 10.6. The van der Waals surface area contributed by atoms with Crippen molar-refractivity contribution in [2.75, 3.05) is 11.4 Å². The molecule has 0 radical (unpaired) electrons. The van der Waals surface area contributed by atoms with E-state index in [-0.39, 0.29) is 5.75 Å². The molecular formula is C15H13NO4. The van der Waals surface area contributed by atoms with Gasteiger partial charge in [-0.3, -0.25) is 14.5 Å². The number of rotatable bonds is 4. The number of phenolic OH excluding ortho intramolecular Hbond substituents is 1. The van der Waals surface area contributed by atoms with E-state index in [4.69, 9.17) is 5.11 Å². The minimum atomic E-state index is -1.10. The van der Waals surface area contributed by atoms with Gasteiger partial charge in [-0.05, 0) is 36.4 Å². The van der Waals surface area contributed by atoms with Gasteiger partial charge in [-0.15, -0.1) is 0 Å². The number of phenols is 1. The SMILES string of the molecule is O=C(O)CN(C(=O)c1ccc(O)cc1)c1ccccc1. The second-order valence-corrected chi connectivity index (χ2v) is 4.17. The van der Waals surface area contributed by atoms with E-state index in [1.807, 2.05) is 0 Å². The fourth-order valence-electron chi connectivity index (χ4n) is 1.78. The Morgan fingerprint density at radius 2 is 1.55 bits per heavy atom. The molecule has 102 valence electrons. The van der Waals surface area contributed by atoms with Gasteiger partial charge < -0.3 is 10.2 Å². The van der Waals surface area contributed by atoms with E-state index in [0.717, 1.165) is 0 Å². The molecule has 0 spiro atoms. The van der Waals surface area contributed by atoms with E-state index in [1.165, 1.54) is 29.2 Å².